The van der Waals surface area contributed by atoms with Gasteiger partial charge in [0.05, 0.1) is 14.2 Å². The molecule has 0 radical (unpaired) electrons. The number of rotatable bonds is 3. The highest BCUT2D eigenvalue weighted by Gasteiger charge is 2.13. The van der Waals surface area contributed by atoms with Gasteiger partial charge in [0.25, 0.3) is 0 Å². The van der Waals surface area contributed by atoms with Crippen LogP contribution >= 0.6 is 0 Å². The number of aliphatic imine (C=N–C) groups is 1. The Morgan fingerprint density at radius 2 is 1.94 bits per heavy atom. The van der Waals surface area contributed by atoms with Gasteiger partial charge in [-0.1, -0.05) is 0 Å². The van der Waals surface area contributed by atoms with Crippen molar-refractivity contribution in [3.05, 3.63) is 29.5 Å². The van der Waals surface area contributed by atoms with Crippen molar-refractivity contribution in [1.82, 2.24) is 5.32 Å². The average molecular weight is 246 g/mol. The summed E-state index contributed by atoms with van der Waals surface area (Å²) in [4.78, 5) is 4.38. The summed E-state index contributed by atoms with van der Waals surface area (Å²) in [5.41, 5.74) is 2.30. The number of benzene rings is 1. The second-order valence-electron chi connectivity index (χ2n) is 4.00. The van der Waals surface area contributed by atoms with Crippen LogP contribution in [0, 0.1) is 0 Å². The average Bonchev–Trinajstić information content (AvgIpc) is 2.58. The summed E-state index contributed by atoms with van der Waals surface area (Å²) < 4.78 is 10.6. The Morgan fingerprint density at radius 1 is 1.22 bits per heavy atom. The van der Waals surface area contributed by atoms with Crippen molar-refractivity contribution < 1.29 is 9.47 Å². The molecule has 0 atom stereocenters. The van der Waals surface area contributed by atoms with Crippen molar-refractivity contribution in [3.8, 4) is 11.5 Å². The van der Waals surface area contributed by atoms with Crippen LogP contribution in [0.5, 0.6) is 11.5 Å². The standard InChI is InChI=1S/C14H18N2O2/c1-4-15-14-9-11-8-13(18-3)12(17-2)7-10(11)5-6-16-14/h5-8H,4,9H2,1-3H3,(H,15,16). The molecular formula is C14H18N2O2. The molecule has 0 spiro atoms. The Hall–Kier alpha value is -1.97. The van der Waals surface area contributed by atoms with Crippen molar-refractivity contribution in [2.24, 2.45) is 4.99 Å². The number of likely N-dealkylation sites (N-methyl/N-ethyl adjacent to an activating group) is 1. The summed E-state index contributed by atoms with van der Waals surface area (Å²) in [6.07, 6.45) is 4.58. The fraction of sp³-hybridized carbons (Fsp3) is 0.357. The van der Waals surface area contributed by atoms with Crippen LogP contribution in [0.4, 0.5) is 0 Å². The smallest absolute Gasteiger partial charge is 0.161 e. The molecule has 1 heterocycles. The van der Waals surface area contributed by atoms with Crippen molar-refractivity contribution >= 4 is 11.9 Å². The Bertz CT molecular complexity index is 493. The summed E-state index contributed by atoms with van der Waals surface area (Å²) in [7, 11) is 3.29. The molecule has 18 heavy (non-hydrogen) atoms. The quantitative estimate of drug-likeness (QED) is 0.889. The molecule has 96 valence electrons. The molecule has 4 heteroatoms. The maximum Gasteiger partial charge on any atom is 0.161 e. The van der Waals surface area contributed by atoms with Gasteiger partial charge >= 0.3 is 0 Å². The summed E-state index contributed by atoms with van der Waals surface area (Å²) >= 11 is 0. The molecule has 0 aromatic heterocycles. The van der Waals surface area contributed by atoms with Crippen LogP contribution in [0.2, 0.25) is 0 Å². The van der Waals surface area contributed by atoms with E-state index < -0.39 is 0 Å². The maximum atomic E-state index is 5.33. The first-order valence-electron chi connectivity index (χ1n) is 6.00. The van der Waals surface area contributed by atoms with E-state index in [-0.39, 0.29) is 0 Å². The lowest BCUT2D eigenvalue weighted by atomic mass is 10.0. The van der Waals surface area contributed by atoms with Crippen molar-refractivity contribution in [2.75, 3.05) is 20.8 Å². The zero-order valence-electron chi connectivity index (χ0n) is 11.0. The molecule has 0 fully saturated rings. The highest BCUT2D eigenvalue weighted by Crippen LogP contribution is 2.32. The number of hydrogen-bond donors (Lipinski definition) is 1. The minimum absolute atomic E-state index is 0.743. The van der Waals surface area contributed by atoms with Crippen LogP contribution in [0.1, 0.15) is 18.1 Å². The molecule has 0 amide bonds. The van der Waals surface area contributed by atoms with Gasteiger partial charge in [0, 0.05) is 19.2 Å². The molecule has 1 aliphatic heterocycles. The number of hydrogen-bond acceptors (Lipinski definition) is 4. The van der Waals surface area contributed by atoms with Gasteiger partial charge in [-0.3, -0.25) is 0 Å². The Kier molecular flexibility index (Phi) is 3.87. The Labute approximate surface area is 107 Å². The molecule has 4 nitrogen and oxygen atoms in total. The van der Waals surface area contributed by atoms with Crippen LogP contribution in [0.25, 0.3) is 6.08 Å². The number of amidine groups is 1. The van der Waals surface area contributed by atoms with Gasteiger partial charge in [0.2, 0.25) is 0 Å². The molecule has 0 bridgehead atoms. The Morgan fingerprint density at radius 3 is 2.61 bits per heavy atom. The third kappa shape index (κ3) is 2.47. The van der Waals surface area contributed by atoms with Crippen molar-refractivity contribution in [3.63, 3.8) is 0 Å². The SMILES string of the molecule is CCNC1=NC=Cc2cc(OC)c(OC)cc2C1. The molecule has 0 saturated heterocycles. The predicted molar refractivity (Wildman–Crippen MR) is 73.4 cm³/mol. The molecule has 0 aliphatic carbocycles. The molecule has 0 unspecified atom stereocenters. The number of methoxy groups -OCH3 is 2. The van der Waals surface area contributed by atoms with E-state index in [0.29, 0.717) is 0 Å². The zero-order chi connectivity index (χ0) is 13.0. The topological polar surface area (TPSA) is 42.9 Å². The number of nitrogens with one attached hydrogen (secondary N) is 1. The molecule has 2 rings (SSSR count). The van der Waals surface area contributed by atoms with E-state index in [0.717, 1.165) is 35.9 Å². The molecule has 1 aromatic rings. The van der Waals surface area contributed by atoms with E-state index in [9.17, 15) is 0 Å². The number of fused-ring (bicyclic) bond motifs is 1. The highest BCUT2D eigenvalue weighted by atomic mass is 16.5. The number of ether oxygens (including phenoxy) is 2. The fourth-order valence-corrected chi connectivity index (χ4v) is 1.99. The maximum absolute atomic E-state index is 5.33. The largest absolute Gasteiger partial charge is 0.493 e. The van der Waals surface area contributed by atoms with Gasteiger partial charge in [-0.25, -0.2) is 4.99 Å². The Balaban J connectivity index is 2.39. The lowest BCUT2D eigenvalue weighted by Gasteiger charge is -2.13. The van der Waals surface area contributed by atoms with Crippen molar-refractivity contribution in [2.45, 2.75) is 13.3 Å². The fourth-order valence-electron chi connectivity index (χ4n) is 1.99. The third-order valence-electron chi connectivity index (χ3n) is 2.87. The molecule has 1 aliphatic rings. The van der Waals surface area contributed by atoms with Crippen LogP contribution in [0.3, 0.4) is 0 Å². The summed E-state index contributed by atoms with van der Waals surface area (Å²) in [6, 6.07) is 3.99. The van der Waals surface area contributed by atoms with E-state index in [2.05, 4.69) is 17.2 Å². The summed E-state index contributed by atoms with van der Waals surface area (Å²) in [5, 5.41) is 3.26. The van der Waals surface area contributed by atoms with E-state index in [1.165, 1.54) is 5.56 Å². The van der Waals surface area contributed by atoms with Gasteiger partial charge < -0.3 is 14.8 Å². The van der Waals surface area contributed by atoms with Crippen LogP contribution in [-0.2, 0) is 6.42 Å². The van der Waals surface area contributed by atoms with Crippen LogP contribution < -0.4 is 14.8 Å². The van der Waals surface area contributed by atoms with E-state index in [1.807, 2.05) is 24.4 Å². The van der Waals surface area contributed by atoms with Crippen LogP contribution in [0.15, 0.2) is 23.3 Å². The van der Waals surface area contributed by atoms with Crippen molar-refractivity contribution in [1.29, 1.82) is 0 Å². The minimum Gasteiger partial charge on any atom is -0.493 e. The normalized spacial score (nSPS) is 13.4. The second kappa shape index (κ2) is 5.58. The molecule has 0 saturated carbocycles. The van der Waals surface area contributed by atoms with Gasteiger partial charge in [0.1, 0.15) is 5.84 Å². The zero-order valence-corrected chi connectivity index (χ0v) is 11.0. The molecular weight excluding hydrogens is 228 g/mol. The van der Waals surface area contributed by atoms with E-state index >= 15 is 0 Å². The van der Waals surface area contributed by atoms with Crippen LogP contribution in [-0.4, -0.2) is 26.6 Å². The van der Waals surface area contributed by atoms with Gasteiger partial charge in [-0.15, -0.1) is 0 Å². The highest BCUT2D eigenvalue weighted by molar-refractivity contribution is 5.87. The summed E-state index contributed by atoms with van der Waals surface area (Å²) in [5.74, 6) is 2.47. The van der Waals surface area contributed by atoms with E-state index in [4.69, 9.17) is 9.47 Å². The molecule has 1 N–H and O–H groups in total. The second-order valence-corrected chi connectivity index (χ2v) is 4.00. The predicted octanol–water partition coefficient (Wildman–Crippen LogP) is 2.24. The minimum atomic E-state index is 0.743. The van der Waals surface area contributed by atoms with Gasteiger partial charge in [0.15, 0.2) is 11.5 Å². The first-order chi connectivity index (χ1) is 8.78. The number of nitrogens with zero attached hydrogens (tertiary/aromatic N) is 1. The first-order valence-corrected chi connectivity index (χ1v) is 6.00. The monoisotopic (exact) mass is 246 g/mol. The summed E-state index contributed by atoms with van der Waals surface area (Å²) in [6.45, 7) is 2.93. The lowest BCUT2D eigenvalue weighted by molar-refractivity contribution is 0.354. The third-order valence-corrected chi connectivity index (χ3v) is 2.87. The lowest BCUT2D eigenvalue weighted by Crippen LogP contribution is -2.24. The van der Waals surface area contributed by atoms with Gasteiger partial charge in [-0.2, -0.15) is 0 Å². The van der Waals surface area contributed by atoms with E-state index in [1.54, 1.807) is 14.2 Å². The first kappa shape index (κ1) is 12.5. The van der Waals surface area contributed by atoms with Gasteiger partial charge in [-0.05, 0) is 36.3 Å². The molecule has 1 aromatic carbocycles.